The molecule has 104 valence electrons. The number of nitrogens with one attached hydrogen (secondary N) is 2. The molecule has 1 heterocycles. The van der Waals surface area contributed by atoms with Crippen LogP contribution in [0.2, 0.25) is 0 Å². The molecule has 2 rings (SSSR count). The van der Waals surface area contributed by atoms with Gasteiger partial charge in [0.1, 0.15) is 17.5 Å². The predicted octanol–water partition coefficient (Wildman–Crippen LogP) is 2.16. The molecule has 0 fully saturated rings. The molecule has 6 heteroatoms. The molecule has 1 amide bonds. The van der Waals surface area contributed by atoms with E-state index in [-0.39, 0.29) is 0 Å². The van der Waals surface area contributed by atoms with Gasteiger partial charge in [-0.15, -0.1) is 0 Å². The van der Waals surface area contributed by atoms with Crippen LogP contribution in [0.25, 0.3) is 0 Å². The van der Waals surface area contributed by atoms with Gasteiger partial charge in [-0.3, -0.25) is 4.79 Å². The van der Waals surface area contributed by atoms with Crippen LogP contribution < -0.4 is 15.5 Å². The Labute approximate surface area is 117 Å². The molecule has 0 saturated heterocycles. The van der Waals surface area contributed by atoms with Crippen molar-refractivity contribution in [1.29, 1.82) is 0 Å². The van der Waals surface area contributed by atoms with Crippen molar-refractivity contribution in [3.63, 3.8) is 0 Å². The molecule has 1 aromatic carbocycles. The van der Waals surface area contributed by atoms with E-state index in [4.69, 9.17) is 0 Å². The van der Waals surface area contributed by atoms with Crippen LogP contribution in [0.4, 0.5) is 23.0 Å². The molecular formula is C14H17N5O. The lowest BCUT2D eigenvalue weighted by Gasteiger charge is -2.14. The second-order valence-electron chi connectivity index (χ2n) is 4.52. The van der Waals surface area contributed by atoms with E-state index in [1.165, 1.54) is 0 Å². The minimum atomic E-state index is 0.652. The molecule has 1 aromatic heterocycles. The molecule has 20 heavy (non-hydrogen) atoms. The van der Waals surface area contributed by atoms with Crippen LogP contribution >= 0.6 is 0 Å². The lowest BCUT2D eigenvalue weighted by Crippen LogP contribution is -2.12. The number of hydrogen-bond acceptors (Lipinski definition) is 5. The SMILES string of the molecule is Cc1nc(Nc2ccc(NC=O)cc2)cc(N(C)C)n1. The summed E-state index contributed by atoms with van der Waals surface area (Å²) in [7, 11) is 3.87. The summed E-state index contributed by atoms with van der Waals surface area (Å²) < 4.78 is 0. The van der Waals surface area contributed by atoms with E-state index in [1.54, 1.807) is 0 Å². The Hall–Kier alpha value is -2.63. The first-order chi connectivity index (χ1) is 9.58. The second kappa shape index (κ2) is 6.01. The maximum atomic E-state index is 10.3. The van der Waals surface area contributed by atoms with Crippen molar-refractivity contribution < 1.29 is 4.79 Å². The Balaban J connectivity index is 2.18. The standard InChI is InChI=1S/C14H17N5O/c1-10-16-13(8-14(17-10)19(2)3)18-12-6-4-11(5-7-12)15-9-20/h4-9H,1-3H3,(H,15,20)(H,16,17,18). The number of carbonyl (C=O) groups is 1. The number of rotatable bonds is 5. The van der Waals surface area contributed by atoms with Crippen LogP contribution in [0.1, 0.15) is 5.82 Å². The van der Waals surface area contributed by atoms with E-state index < -0.39 is 0 Å². The summed E-state index contributed by atoms with van der Waals surface area (Å²) in [5.74, 6) is 2.29. The van der Waals surface area contributed by atoms with E-state index in [0.717, 1.165) is 23.0 Å². The number of anilines is 4. The van der Waals surface area contributed by atoms with Crippen molar-refractivity contribution in [2.45, 2.75) is 6.92 Å². The highest BCUT2D eigenvalue weighted by Crippen LogP contribution is 2.20. The Morgan fingerprint density at radius 3 is 2.35 bits per heavy atom. The lowest BCUT2D eigenvalue weighted by molar-refractivity contribution is -0.105. The highest BCUT2D eigenvalue weighted by Gasteiger charge is 2.04. The zero-order valence-electron chi connectivity index (χ0n) is 11.7. The topological polar surface area (TPSA) is 70.2 Å². The summed E-state index contributed by atoms with van der Waals surface area (Å²) >= 11 is 0. The Morgan fingerprint density at radius 1 is 1.10 bits per heavy atom. The van der Waals surface area contributed by atoms with Crippen LogP contribution in [0, 0.1) is 6.92 Å². The molecule has 6 nitrogen and oxygen atoms in total. The number of benzene rings is 1. The van der Waals surface area contributed by atoms with E-state index in [9.17, 15) is 4.79 Å². The van der Waals surface area contributed by atoms with Gasteiger partial charge in [0.2, 0.25) is 6.41 Å². The number of aryl methyl sites for hydroxylation is 1. The number of aromatic nitrogens is 2. The lowest BCUT2D eigenvalue weighted by atomic mass is 10.3. The summed E-state index contributed by atoms with van der Waals surface area (Å²) in [6.45, 7) is 1.86. The number of amides is 1. The van der Waals surface area contributed by atoms with Gasteiger partial charge >= 0.3 is 0 Å². The molecule has 0 aliphatic heterocycles. The minimum Gasteiger partial charge on any atom is -0.363 e. The zero-order chi connectivity index (χ0) is 14.5. The average Bonchev–Trinajstić information content (AvgIpc) is 2.40. The summed E-state index contributed by atoms with van der Waals surface area (Å²) in [6, 6.07) is 9.26. The van der Waals surface area contributed by atoms with E-state index in [1.807, 2.05) is 56.3 Å². The third kappa shape index (κ3) is 3.44. The van der Waals surface area contributed by atoms with Crippen molar-refractivity contribution in [2.24, 2.45) is 0 Å². The number of hydrogen-bond donors (Lipinski definition) is 2. The molecule has 0 spiro atoms. The number of nitrogens with zero attached hydrogens (tertiary/aromatic N) is 3. The largest absolute Gasteiger partial charge is 0.363 e. The third-order valence-corrected chi connectivity index (χ3v) is 2.67. The van der Waals surface area contributed by atoms with E-state index >= 15 is 0 Å². The highest BCUT2D eigenvalue weighted by molar-refractivity contribution is 5.72. The fraction of sp³-hybridized carbons (Fsp3) is 0.214. The molecule has 2 aromatic rings. The first-order valence-corrected chi connectivity index (χ1v) is 6.19. The van der Waals surface area contributed by atoms with Gasteiger partial charge < -0.3 is 15.5 Å². The Morgan fingerprint density at radius 2 is 1.75 bits per heavy atom. The summed E-state index contributed by atoms with van der Waals surface area (Å²) in [6.07, 6.45) is 0.652. The molecule has 0 aliphatic rings. The van der Waals surface area contributed by atoms with Crippen molar-refractivity contribution in [2.75, 3.05) is 29.6 Å². The van der Waals surface area contributed by atoms with E-state index in [0.29, 0.717) is 12.2 Å². The smallest absolute Gasteiger partial charge is 0.211 e. The number of carbonyl (C=O) groups excluding carboxylic acids is 1. The van der Waals surface area contributed by atoms with Crippen LogP contribution in [0.5, 0.6) is 0 Å². The van der Waals surface area contributed by atoms with Gasteiger partial charge in [0, 0.05) is 31.5 Å². The monoisotopic (exact) mass is 271 g/mol. The molecule has 0 bridgehead atoms. The molecule has 2 N–H and O–H groups in total. The summed E-state index contributed by atoms with van der Waals surface area (Å²) in [5.41, 5.74) is 1.64. The van der Waals surface area contributed by atoms with E-state index in [2.05, 4.69) is 20.6 Å². The fourth-order valence-electron chi connectivity index (χ4n) is 1.71. The second-order valence-corrected chi connectivity index (χ2v) is 4.52. The molecule has 0 aliphatic carbocycles. The first-order valence-electron chi connectivity index (χ1n) is 6.19. The van der Waals surface area contributed by atoms with Crippen molar-refractivity contribution >= 4 is 29.4 Å². The summed E-state index contributed by atoms with van der Waals surface area (Å²) in [4.78, 5) is 21.0. The van der Waals surface area contributed by atoms with Gasteiger partial charge in [0.05, 0.1) is 0 Å². The fourth-order valence-corrected chi connectivity index (χ4v) is 1.71. The quantitative estimate of drug-likeness (QED) is 0.815. The molecule has 0 radical (unpaired) electrons. The summed E-state index contributed by atoms with van der Waals surface area (Å²) in [5, 5.41) is 5.81. The van der Waals surface area contributed by atoms with Crippen molar-refractivity contribution in [1.82, 2.24) is 9.97 Å². The predicted molar refractivity (Wildman–Crippen MR) is 80.5 cm³/mol. The molecule has 0 unspecified atom stereocenters. The Kier molecular flexibility index (Phi) is 4.14. The Bertz CT molecular complexity index is 595. The zero-order valence-corrected chi connectivity index (χ0v) is 11.7. The van der Waals surface area contributed by atoms with Crippen LogP contribution in [-0.4, -0.2) is 30.5 Å². The van der Waals surface area contributed by atoms with Gasteiger partial charge in [-0.2, -0.15) is 0 Å². The minimum absolute atomic E-state index is 0.652. The highest BCUT2D eigenvalue weighted by atomic mass is 16.1. The average molecular weight is 271 g/mol. The van der Waals surface area contributed by atoms with Gasteiger partial charge in [-0.1, -0.05) is 0 Å². The molecule has 0 atom stereocenters. The van der Waals surface area contributed by atoms with Gasteiger partial charge in [0.25, 0.3) is 0 Å². The first kappa shape index (κ1) is 13.8. The maximum absolute atomic E-state index is 10.3. The van der Waals surface area contributed by atoms with Crippen LogP contribution in [0.3, 0.4) is 0 Å². The van der Waals surface area contributed by atoms with Crippen LogP contribution in [-0.2, 0) is 4.79 Å². The molecule has 0 saturated carbocycles. The van der Waals surface area contributed by atoms with Gasteiger partial charge in [0.15, 0.2) is 0 Å². The van der Waals surface area contributed by atoms with Gasteiger partial charge in [-0.05, 0) is 31.2 Å². The van der Waals surface area contributed by atoms with Crippen LogP contribution in [0.15, 0.2) is 30.3 Å². The normalized spacial score (nSPS) is 9.95. The third-order valence-electron chi connectivity index (χ3n) is 2.67. The van der Waals surface area contributed by atoms with Gasteiger partial charge in [-0.25, -0.2) is 9.97 Å². The van der Waals surface area contributed by atoms with Crippen molar-refractivity contribution in [3.05, 3.63) is 36.2 Å². The van der Waals surface area contributed by atoms with Crippen molar-refractivity contribution in [3.8, 4) is 0 Å². The maximum Gasteiger partial charge on any atom is 0.211 e. The molecular weight excluding hydrogens is 254 g/mol.